The van der Waals surface area contributed by atoms with Crippen molar-refractivity contribution in [3.8, 4) is 6.07 Å². The van der Waals surface area contributed by atoms with Crippen molar-refractivity contribution in [2.75, 3.05) is 6.54 Å². The maximum absolute atomic E-state index is 9.11. The molecule has 2 aromatic rings. The van der Waals surface area contributed by atoms with Gasteiger partial charge in [-0.3, -0.25) is 0 Å². The molecule has 1 aliphatic rings. The number of benzene rings is 2. The second-order valence-corrected chi connectivity index (χ2v) is 7.99. The second kappa shape index (κ2) is 10.6. The van der Waals surface area contributed by atoms with Gasteiger partial charge in [0, 0.05) is 12.2 Å². The molecule has 0 spiro atoms. The highest BCUT2D eigenvalue weighted by Crippen LogP contribution is 2.34. The summed E-state index contributed by atoms with van der Waals surface area (Å²) in [5.41, 5.74) is 8.15. The quantitative estimate of drug-likeness (QED) is 0.477. The molecule has 1 atom stereocenters. The van der Waals surface area contributed by atoms with Crippen LogP contribution in [0.5, 0.6) is 0 Å². The Balaban J connectivity index is 1.89. The molecule has 0 bridgehead atoms. The molecule has 0 saturated heterocycles. The fraction of sp³-hybridized carbons (Fsp3) is 0.276. The van der Waals surface area contributed by atoms with Crippen molar-refractivity contribution in [1.82, 2.24) is 4.90 Å². The maximum atomic E-state index is 9.11. The Morgan fingerprint density at radius 2 is 1.81 bits per heavy atom. The Hall–Kier alpha value is -3.31. The maximum Gasteiger partial charge on any atom is 0.0991 e. The lowest BCUT2D eigenvalue weighted by molar-refractivity contribution is 0.302. The summed E-state index contributed by atoms with van der Waals surface area (Å²) in [5.74, 6) is 0. The molecule has 0 radical (unpaired) electrons. The van der Waals surface area contributed by atoms with E-state index in [4.69, 9.17) is 5.26 Å². The minimum Gasteiger partial charge on any atom is -0.364 e. The van der Waals surface area contributed by atoms with Gasteiger partial charge in [0.25, 0.3) is 0 Å². The zero-order valence-corrected chi connectivity index (χ0v) is 18.8. The van der Waals surface area contributed by atoms with E-state index < -0.39 is 0 Å². The number of aryl methyl sites for hydroxylation is 2. The first-order chi connectivity index (χ1) is 15.1. The van der Waals surface area contributed by atoms with Gasteiger partial charge in [0.1, 0.15) is 0 Å². The van der Waals surface area contributed by atoms with Crippen LogP contribution in [0.1, 0.15) is 48.9 Å². The van der Waals surface area contributed by atoms with Gasteiger partial charge in [-0.05, 0) is 72.6 Å². The van der Waals surface area contributed by atoms with Crippen LogP contribution in [0.25, 0.3) is 5.70 Å². The van der Waals surface area contributed by atoms with E-state index in [1.54, 1.807) is 0 Å². The third-order valence-electron chi connectivity index (χ3n) is 6.15. The fourth-order valence-electron chi connectivity index (χ4n) is 4.35. The van der Waals surface area contributed by atoms with Gasteiger partial charge in [-0.25, -0.2) is 0 Å². The lowest BCUT2D eigenvalue weighted by Gasteiger charge is -2.41. The zero-order valence-electron chi connectivity index (χ0n) is 18.8. The van der Waals surface area contributed by atoms with Crippen LogP contribution in [0.4, 0.5) is 0 Å². The van der Waals surface area contributed by atoms with Crippen molar-refractivity contribution >= 4 is 5.70 Å². The van der Waals surface area contributed by atoms with Gasteiger partial charge in [0.2, 0.25) is 0 Å². The predicted octanol–water partition coefficient (Wildman–Crippen LogP) is 6.86. The molecule has 2 aromatic carbocycles. The molecule has 0 amide bonds. The average Bonchev–Trinajstić information content (AvgIpc) is 2.82. The summed E-state index contributed by atoms with van der Waals surface area (Å²) in [6.45, 7) is 13.8. The lowest BCUT2D eigenvalue weighted by atomic mass is 9.87. The molecule has 2 nitrogen and oxygen atoms in total. The van der Waals surface area contributed by atoms with Gasteiger partial charge in [-0.1, -0.05) is 74.7 Å². The molecule has 1 heterocycles. The van der Waals surface area contributed by atoms with Gasteiger partial charge in [0.05, 0.1) is 17.7 Å². The van der Waals surface area contributed by atoms with Crippen LogP contribution in [0, 0.1) is 11.3 Å². The van der Waals surface area contributed by atoms with E-state index in [9.17, 15) is 0 Å². The number of hydrogen-bond donors (Lipinski definition) is 0. The van der Waals surface area contributed by atoms with E-state index in [1.165, 1.54) is 22.3 Å². The van der Waals surface area contributed by atoms with Crippen molar-refractivity contribution in [2.24, 2.45) is 0 Å². The summed E-state index contributed by atoms with van der Waals surface area (Å²) in [4.78, 5) is 2.42. The van der Waals surface area contributed by atoms with Crippen LogP contribution in [0.15, 0.2) is 91.1 Å². The standard InChI is InChI=1S/C29H32N2/c1-5-8-27-19-20-31(22(4)26-16-13-25(21-30)14-17-26)29(28(27)7-3)18-15-24-11-9-23(6-2)10-12-24/h5,7-14,16-17,29H,3-4,6,15,18-20H2,1-2H3/b8-5-. The number of hydrogen-bond acceptors (Lipinski definition) is 2. The van der Waals surface area contributed by atoms with Gasteiger partial charge in [-0.15, -0.1) is 0 Å². The molecule has 31 heavy (non-hydrogen) atoms. The van der Waals surface area contributed by atoms with Gasteiger partial charge >= 0.3 is 0 Å². The van der Waals surface area contributed by atoms with Crippen molar-refractivity contribution < 1.29 is 0 Å². The summed E-state index contributed by atoms with van der Waals surface area (Å²) < 4.78 is 0. The summed E-state index contributed by atoms with van der Waals surface area (Å²) in [6, 6.07) is 19.1. The van der Waals surface area contributed by atoms with Crippen molar-refractivity contribution in [1.29, 1.82) is 5.26 Å². The molecular weight excluding hydrogens is 376 g/mol. The highest BCUT2D eigenvalue weighted by Gasteiger charge is 2.28. The molecule has 2 heteroatoms. The van der Waals surface area contributed by atoms with E-state index in [2.05, 4.69) is 74.4 Å². The molecule has 1 aliphatic heterocycles. The smallest absolute Gasteiger partial charge is 0.0991 e. The third-order valence-corrected chi connectivity index (χ3v) is 6.15. The van der Waals surface area contributed by atoms with Crippen LogP contribution in [0.3, 0.4) is 0 Å². The van der Waals surface area contributed by atoms with Crippen LogP contribution < -0.4 is 0 Å². The summed E-state index contributed by atoms with van der Waals surface area (Å²) >= 11 is 0. The predicted molar refractivity (Wildman–Crippen MR) is 131 cm³/mol. The lowest BCUT2D eigenvalue weighted by Crippen LogP contribution is -2.39. The SMILES string of the molecule is C=CC1=C(/C=C\C)CCN(C(=C)c2ccc(C#N)cc2)C1CCc1ccc(CC)cc1. The molecule has 0 aliphatic carbocycles. The van der Waals surface area contributed by atoms with Gasteiger partial charge in [0.15, 0.2) is 0 Å². The molecule has 0 saturated carbocycles. The van der Waals surface area contributed by atoms with Gasteiger partial charge in [-0.2, -0.15) is 5.26 Å². The Labute approximate surface area is 187 Å². The Kier molecular flexibility index (Phi) is 7.68. The fourth-order valence-corrected chi connectivity index (χ4v) is 4.35. The summed E-state index contributed by atoms with van der Waals surface area (Å²) in [5, 5.41) is 9.11. The molecular formula is C29H32N2. The van der Waals surface area contributed by atoms with Gasteiger partial charge < -0.3 is 4.90 Å². The minimum absolute atomic E-state index is 0.228. The Morgan fingerprint density at radius 3 is 2.39 bits per heavy atom. The number of allylic oxidation sites excluding steroid dienone is 2. The highest BCUT2D eigenvalue weighted by atomic mass is 15.2. The third kappa shape index (κ3) is 5.25. The Morgan fingerprint density at radius 1 is 1.13 bits per heavy atom. The monoisotopic (exact) mass is 408 g/mol. The minimum atomic E-state index is 0.228. The highest BCUT2D eigenvalue weighted by molar-refractivity contribution is 5.64. The average molecular weight is 409 g/mol. The van der Waals surface area contributed by atoms with Crippen LogP contribution in [-0.4, -0.2) is 17.5 Å². The van der Waals surface area contributed by atoms with Crippen molar-refractivity contribution in [3.63, 3.8) is 0 Å². The largest absolute Gasteiger partial charge is 0.364 e. The van der Waals surface area contributed by atoms with Crippen molar-refractivity contribution in [3.05, 3.63) is 113 Å². The van der Waals surface area contributed by atoms with E-state index in [-0.39, 0.29) is 6.04 Å². The van der Waals surface area contributed by atoms with Crippen LogP contribution >= 0.6 is 0 Å². The number of nitriles is 1. The Bertz CT molecular complexity index is 1010. The first-order valence-corrected chi connectivity index (χ1v) is 11.1. The van der Waals surface area contributed by atoms with Crippen molar-refractivity contribution in [2.45, 2.75) is 45.6 Å². The summed E-state index contributed by atoms with van der Waals surface area (Å²) in [6.07, 6.45) is 10.4. The first kappa shape index (κ1) is 22.4. The topological polar surface area (TPSA) is 27.0 Å². The molecule has 1 unspecified atom stereocenters. The molecule has 0 aromatic heterocycles. The van der Waals surface area contributed by atoms with E-state index >= 15 is 0 Å². The molecule has 0 N–H and O–H groups in total. The van der Waals surface area contributed by atoms with E-state index in [1.807, 2.05) is 30.3 Å². The van der Waals surface area contributed by atoms with E-state index in [0.717, 1.165) is 43.5 Å². The second-order valence-electron chi connectivity index (χ2n) is 7.99. The molecule has 0 fully saturated rings. The first-order valence-electron chi connectivity index (χ1n) is 11.1. The molecule has 158 valence electrons. The molecule has 3 rings (SSSR count). The summed E-state index contributed by atoms with van der Waals surface area (Å²) in [7, 11) is 0. The zero-order chi connectivity index (χ0) is 22.2. The van der Waals surface area contributed by atoms with E-state index in [0.29, 0.717) is 5.56 Å². The number of nitrogens with zero attached hydrogens (tertiary/aromatic N) is 2. The number of rotatable bonds is 8. The van der Waals surface area contributed by atoms with Crippen LogP contribution in [-0.2, 0) is 12.8 Å². The van der Waals surface area contributed by atoms with Crippen LogP contribution in [0.2, 0.25) is 0 Å². The normalized spacial score (nSPS) is 16.4.